The van der Waals surface area contributed by atoms with Crippen molar-refractivity contribution in [2.24, 2.45) is 0 Å². The molecule has 0 aliphatic heterocycles. The molecule has 0 bridgehead atoms. The van der Waals surface area contributed by atoms with Crippen LogP contribution in [0.4, 0.5) is 5.82 Å². The molecule has 18 heavy (non-hydrogen) atoms. The summed E-state index contributed by atoms with van der Waals surface area (Å²) in [6.45, 7) is 0. The van der Waals surface area contributed by atoms with E-state index in [1.54, 1.807) is 6.20 Å². The molecule has 2 N–H and O–H groups in total. The van der Waals surface area contributed by atoms with Crippen LogP contribution in [0, 0.1) is 0 Å². The van der Waals surface area contributed by atoms with E-state index < -0.39 is 0 Å². The highest BCUT2D eigenvalue weighted by Gasteiger charge is 2.22. The zero-order valence-corrected chi connectivity index (χ0v) is 10.9. The molecule has 4 heteroatoms. The molecule has 0 saturated carbocycles. The largest absolute Gasteiger partial charge is 0.383 e. The van der Waals surface area contributed by atoms with Crippen molar-refractivity contribution in [2.75, 3.05) is 5.73 Å². The lowest BCUT2D eigenvalue weighted by molar-refractivity contribution is 0.486. The fraction of sp³-hybridized carbons (Fsp3) is 0.357. The summed E-state index contributed by atoms with van der Waals surface area (Å²) in [7, 11) is 0. The zero-order valence-electron chi connectivity index (χ0n) is 10.1. The molecule has 0 fully saturated rings. The third kappa shape index (κ3) is 1.89. The molecule has 1 unspecified atom stereocenters. The second-order valence-corrected chi connectivity index (χ2v) is 5.19. The first kappa shape index (κ1) is 11.6. The van der Waals surface area contributed by atoms with Crippen molar-refractivity contribution in [1.29, 1.82) is 0 Å². The maximum atomic E-state index is 6.01. The first-order valence-corrected chi connectivity index (χ1v) is 6.71. The Balaban J connectivity index is 2.09. The normalized spacial score (nSPS) is 19.3. The minimum atomic E-state index is 0.219. The number of hydrogen-bond acceptors (Lipinski definition) is 2. The Morgan fingerprint density at radius 1 is 1.28 bits per heavy atom. The summed E-state index contributed by atoms with van der Waals surface area (Å²) < 4.78 is 1.87. The molecule has 1 aromatic carbocycles. The predicted molar refractivity (Wildman–Crippen MR) is 73.8 cm³/mol. The van der Waals surface area contributed by atoms with Gasteiger partial charge in [0.2, 0.25) is 0 Å². The maximum absolute atomic E-state index is 6.01. The van der Waals surface area contributed by atoms with Crippen LogP contribution in [0.5, 0.6) is 0 Å². The van der Waals surface area contributed by atoms with Crippen molar-refractivity contribution < 1.29 is 0 Å². The summed E-state index contributed by atoms with van der Waals surface area (Å²) >= 11 is 6.01. The molecular weight excluding hydrogens is 246 g/mol. The van der Waals surface area contributed by atoms with Crippen molar-refractivity contribution in [2.45, 2.75) is 31.7 Å². The van der Waals surface area contributed by atoms with Gasteiger partial charge in [-0.2, -0.15) is 5.10 Å². The topological polar surface area (TPSA) is 43.8 Å². The number of nitrogen functional groups attached to an aromatic ring is 1. The molecule has 1 aliphatic rings. The third-order valence-electron chi connectivity index (χ3n) is 3.67. The molecule has 0 spiro atoms. The second-order valence-electron chi connectivity index (χ2n) is 4.78. The molecule has 3 rings (SSSR count). The Morgan fingerprint density at radius 2 is 2.11 bits per heavy atom. The number of hydrogen-bond donors (Lipinski definition) is 1. The van der Waals surface area contributed by atoms with Crippen LogP contribution in [-0.4, -0.2) is 9.78 Å². The molecule has 0 saturated heterocycles. The van der Waals surface area contributed by atoms with Gasteiger partial charge in [-0.05, 0) is 30.4 Å². The van der Waals surface area contributed by atoms with Crippen LogP contribution in [-0.2, 0) is 6.42 Å². The lowest BCUT2D eigenvalue weighted by atomic mass is 9.99. The molecule has 0 radical (unpaired) electrons. The molecule has 0 amide bonds. The molecule has 1 atom stereocenters. The van der Waals surface area contributed by atoms with Gasteiger partial charge in [0.25, 0.3) is 0 Å². The van der Waals surface area contributed by atoms with E-state index in [-0.39, 0.29) is 6.04 Å². The number of fused-ring (bicyclic) bond motifs is 1. The average Bonchev–Trinajstić information content (AvgIpc) is 2.63. The summed E-state index contributed by atoms with van der Waals surface area (Å²) in [6.07, 6.45) is 6.25. The van der Waals surface area contributed by atoms with Crippen molar-refractivity contribution in [3.05, 3.63) is 46.6 Å². The van der Waals surface area contributed by atoms with E-state index in [1.807, 2.05) is 4.68 Å². The Hall–Kier alpha value is -1.48. The van der Waals surface area contributed by atoms with Gasteiger partial charge in [0.15, 0.2) is 0 Å². The summed E-state index contributed by atoms with van der Waals surface area (Å²) in [5.41, 5.74) is 8.75. The number of halogens is 1. The van der Waals surface area contributed by atoms with Gasteiger partial charge in [-0.3, -0.25) is 0 Å². The smallest absolute Gasteiger partial charge is 0.141 e. The fourth-order valence-electron chi connectivity index (χ4n) is 2.75. The average molecular weight is 262 g/mol. The standard InChI is InChI=1S/C14H16ClN3/c15-12-9-17-18(14(12)16)13-8-4-2-6-10-5-1-3-7-11(10)13/h1,3,5,7,9,13H,2,4,6,8,16H2. The van der Waals surface area contributed by atoms with Crippen LogP contribution < -0.4 is 5.73 Å². The van der Waals surface area contributed by atoms with Gasteiger partial charge in [0.1, 0.15) is 10.8 Å². The monoisotopic (exact) mass is 261 g/mol. The second kappa shape index (κ2) is 4.65. The van der Waals surface area contributed by atoms with E-state index in [0.29, 0.717) is 10.8 Å². The zero-order chi connectivity index (χ0) is 12.5. The van der Waals surface area contributed by atoms with Crippen molar-refractivity contribution in [3.8, 4) is 0 Å². The van der Waals surface area contributed by atoms with Crippen LogP contribution in [0.15, 0.2) is 30.5 Å². The summed E-state index contributed by atoms with van der Waals surface area (Å²) in [5, 5.41) is 4.88. The van der Waals surface area contributed by atoms with E-state index in [9.17, 15) is 0 Å². The highest BCUT2D eigenvalue weighted by molar-refractivity contribution is 6.32. The van der Waals surface area contributed by atoms with Crippen LogP contribution in [0.1, 0.15) is 36.4 Å². The maximum Gasteiger partial charge on any atom is 0.141 e. The van der Waals surface area contributed by atoms with Gasteiger partial charge >= 0.3 is 0 Å². The van der Waals surface area contributed by atoms with E-state index in [1.165, 1.54) is 24.0 Å². The van der Waals surface area contributed by atoms with Crippen LogP contribution in [0.3, 0.4) is 0 Å². The van der Waals surface area contributed by atoms with E-state index in [4.69, 9.17) is 17.3 Å². The van der Waals surface area contributed by atoms with Gasteiger partial charge in [-0.15, -0.1) is 0 Å². The number of nitrogens with zero attached hydrogens (tertiary/aromatic N) is 2. The molecule has 1 aromatic heterocycles. The van der Waals surface area contributed by atoms with Gasteiger partial charge in [-0.25, -0.2) is 4.68 Å². The number of aromatic nitrogens is 2. The van der Waals surface area contributed by atoms with Crippen molar-refractivity contribution >= 4 is 17.4 Å². The Labute approximate surface area is 112 Å². The highest BCUT2D eigenvalue weighted by atomic mass is 35.5. The quantitative estimate of drug-likeness (QED) is 0.800. The number of nitrogens with two attached hydrogens (primary N) is 1. The van der Waals surface area contributed by atoms with E-state index in [0.717, 1.165) is 12.8 Å². The SMILES string of the molecule is Nc1c(Cl)cnn1C1CCCCc2ccccc21. The fourth-order valence-corrected chi connectivity index (χ4v) is 2.88. The Kier molecular flexibility index (Phi) is 3.00. The summed E-state index contributed by atoms with van der Waals surface area (Å²) in [6, 6.07) is 8.78. The van der Waals surface area contributed by atoms with E-state index in [2.05, 4.69) is 29.4 Å². The van der Waals surface area contributed by atoms with Crippen molar-refractivity contribution in [3.63, 3.8) is 0 Å². The van der Waals surface area contributed by atoms with Gasteiger partial charge in [0, 0.05) is 0 Å². The molecular formula is C14H16ClN3. The molecule has 3 nitrogen and oxygen atoms in total. The van der Waals surface area contributed by atoms with Crippen LogP contribution >= 0.6 is 11.6 Å². The predicted octanol–water partition coefficient (Wildman–Crippen LogP) is 3.43. The number of aryl methyl sites for hydroxylation is 1. The first-order valence-electron chi connectivity index (χ1n) is 6.33. The third-order valence-corrected chi connectivity index (χ3v) is 3.96. The van der Waals surface area contributed by atoms with Gasteiger partial charge < -0.3 is 5.73 Å². The molecule has 2 aromatic rings. The molecule has 1 aliphatic carbocycles. The summed E-state index contributed by atoms with van der Waals surface area (Å²) in [5.74, 6) is 0.568. The van der Waals surface area contributed by atoms with E-state index >= 15 is 0 Å². The molecule has 1 heterocycles. The highest BCUT2D eigenvalue weighted by Crippen LogP contribution is 2.34. The van der Waals surface area contributed by atoms with Crippen LogP contribution in [0.25, 0.3) is 0 Å². The minimum Gasteiger partial charge on any atom is -0.383 e. The van der Waals surface area contributed by atoms with Crippen molar-refractivity contribution in [1.82, 2.24) is 9.78 Å². The number of benzene rings is 1. The lowest BCUT2D eigenvalue weighted by Crippen LogP contribution is -2.15. The van der Waals surface area contributed by atoms with Crippen LogP contribution in [0.2, 0.25) is 5.02 Å². The van der Waals surface area contributed by atoms with Gasteiger partial charge in [-0.1, -0.05) is 42.3 Å². The lowest BCUT2D eigenvalue weighted by Gasteiger charge is -2.19. The Bertz CT molecular complexity index is 562. The number of anilines is 1. The molecule has 94 valence electrons. The number of rotatable bonds is 1. The van der Waals surface area contributed by atoms with Gasteiger partial charge in [0.05, 0.1) is 12.2 Å². The summed E-state index contributed by atoms with van der Waals surface area (Å²) in [4.78, 5) is 0. The Morgan fingerprint density at radius 3 is 2.89 bits per heavy atom. The first-order chi connectivity index (χ1) is 8.77. The minimum absolute atomic E-state index is 0.219.